The highest BCUT2D eigenvalue weighted by Crippen LogP contribution is 2.40. The van der Waals surface area contributed by atoms with Crippen LogP contribution in [-0.2, 0) is 4.79 Å². The van der Waals surface area contributed by atoms with Crippen LogP contribution in [0.15, 0.2) is 17.3 Å². The summed E-state index contributed by atoms with van der Waals surface area (Å²) >= 11 is 1.27. The number of benzene rings is 1. The van der Waals surface area contributed by atoms with Crippen LogP contribution in [0.3, 0.4) is 0 Å². The van der Waals surface area contributed by atoms with Crippen molar-refractivity contribution in [3.05, 3.63) is 12.1 Å². The summed E-state index contributed by atoms with van der Waals surface area (Å²) in [5, 5.41) is 16.1. The topological polar surface area (TPSA) is 107 Å². The predicted octanol–water partition coefficient (Wildman–Crippen LogP) is 2.45. The van der Waals surface area contributed by atoms with E-state index in [1.165, 1.54) is 11.8 Å². The number of hydrogen-bond donors (Lipinski definition) is 2. The molecule has 2 N–H and O–H groups in total. The molecule has 0 fully saturated rings. The van der Waals surface area contributed by atoms with E-state index in [-0.39, 0.29) is 6.42 Å². The van der Waals surface area contributed by atoms with Gasteiger partial charge in [-0.3, -0.25) is 9.89 Å². The summed E-state index contributed by atoms with van der Waals surface area (Å²) in [6, 6.07) is 3.56. The summed E-state index contributed by atoms with van der Waals surface area (Å²) in [5.41, 5.74) is 0.727. The van der Waals surface area contributed by atoms with Crippen molar-refractivity contribution >= 4 is 17.7 Å². The van der Waals surface area contributed by atoms with Crippen LogP contribution in [0.1, 0.15) is 13.3 Å². The van der Waals surface area contributed by atoms with Gasteiger partial charge in [0, 0.05) is 11.3 Å². The van der Waals surface area contributed by atoms with E-state index in [1.807, 2.05) is 6.92 Å². The number of aromatic nitrogens is 3. The molecule has 0 saturated carbocycles. The average molecular weight is 353 g/mol. The smallest absolute Gasteiger partial charge is 0.304 e. The van der Waals surface area contributed by atoms with Gasteiger partial charge in [0.25, 0.3) is 0 Å². The first-order chi connectivity index (χ1) is 11.6. The van der Waals surface area contributed by atoms with Crippen LogP contribution < -0.4 is 14.2 Å². The van der Waals surface area contributed by atoms with Crippen LogP contribution in [0, 0.1) is 0 Å². The SMILES string of the molecule is CCOc1c(OC)cc(-c2nc(SCCC(=O)O)n[nH]2)cc1OC. The summed E-state index contributed by atoms with van der Waals surface area (Å²) in [6.45, 7) is 2.36. The minimum absolute atomic E-state index is 0.0548. The number of carboxylic acids is 1. The Bertz CT molecular complexity index is 679. The number of carbonyl (C=O) groups is 1. The maximum absolute atomic E-state index is 10.5. The Morgan fingerprint density at radius 3 is 2.50 bits per heavy atom. The Morgan fingerprint density at radius 1 is 1.29 bits per heavy atom. The molecule has 0 saturated heterocycles. The van der Waals surface area contributed by atoms with E-state index in [0.29, 0.717) is 40.6 Å². The van der Waals surface area contributed by atoms with Gasteiger partial charge in [-0.2, -0.15) is 0 Å². The third kappa shape index (κ3) is 4.31. The minimum Gasteiger partial charge on any atom is -0.493 e. The monoisotopic (exact) mass is 353 g/mol. The molecule has 9 heteroatoms. The molecule has 24 heavy (non-hydrogen) atoms. The molecule has 0 aliphatic carbocycles. The number of H-pyrrole nitrogens is 1. The number of thioether (sulfide) groups is 1. The number of nitrogens with zero attached hydrogens (tertiary/aromatic N) is 2. The lowest BCUT2D eigenvalue weighted by molar-refractivity contribution is -0.136. The van der Waals surface area contributed by atoms with E-state index in [0.717, 1.165) is 5.56 Å². The number of aliphatic carboxylic acids is 1. The van der Waals surface area contributed by atoms with Crippen LogP contribution in [0.4, 0.5) is 0 Å². The summed E-state index contributed by atoms with van der Waals surface area (Å²) in [7, 11) is 3.10. The van der Waals surface area contributed by atoms with Crippen LogP contribution in [-0.4, -0.2) is 52.8 Å². The second-order valence-corrected chi connectivity index (χ2v) is 5.66. The number of nitrogens with one attached hydrogen (secondary N) is 1. The van der Waals surface area contributed by atoms with Gasteiger partial charge in [0.2, 0.25) is 10.9 Å². The Hall–Kier alpha value is -2.42. The number of ether oxygens (including phenoxy) is 3. The quantitative estimate of drug-likeness (QED) is 0.662. The molecular formula is C15H19N3O5S. The molecule has 1 heterocycles. The zero-order valence-electron chi connectivity index (χ0n) is 13.7. The highest BCUT2D eigenvalue weighted by Gasteiger charge is 2.16. The highest BCUT2D eigenvalue weighted by molar-refractivity contribution is 7.99. The maximum Gasteiger partial charge on any atom is 0.304 e. The fourth-order valence-electron chi connectivity index (χ4n) is 1.97. The maximum atomic E-state index is 10.5. The molecular weight excluding hydrogens is 334 g/mol. The molecule has 0 bridgehead atoms. The standard InChI is InChI=1S/C15H19N3O5S/c1-4-23-13-10(21-2)7-9(8-11(13)22-3)14-16-15(18-17-14)24-6-5-12(19)20/h7-8H,4-6H2,1-3H3,(H,19,20)(H,16,17,18). The van der Waals surface area contributed by atoms with Gasteiger partial charge in [0.15, 0.2) is 17.3 Å². The predicted molar refractivity (Wildman–Crippen MR) is 89.1 cm³/mol. The summed E-state index contributed by atoms with van der Waals surface area (Å²) in [5.74, 6) is 1.68. The van der Waals surface area contributed by atoms with Gasteiger partial charge < -0.3 is 19.3 Å². The Morgan fingerprint density at radius 2 is 1.96 bits per heavy atom. The van der Waals surface area contributed by atoms with E-state index < -0.39 is 5.97 Å². The van der Waals surface area contributed by atoms with E-state index in [2.05, 4.69) is 15.2 Å². The fourth-order valence-corrected chi connectivity index (χ4v) is 2.70. The highest BCUT2D eigenvalue weighted by atomic mass is 32.2. The van der Waals surface area contributed by atoms with Crippen LogP contribution >= 0.6 is 11.8 Å². The summed E-state index contributed by atoms with van der Waals surface area (Å²) in [6.07, 6.45) is 0.0548. The Kier molecular flexibility index (Phi) is 6.30. The van der Waals surface area contributed by atoms with Crippen LogP contribution in [0.5, 0.6) is 17.2 Å². The number of aromatic amines is 1. The van der Waals surface area contributed by atoms with E-state index >= 15 is 0 Å². The molecule has 8 nitrogen and oxygen atoms in total. The summed E-state index contributed by atoms with van der Waals surface area (Å²) < 4.78 is 16.3. The van der Waals surface area contributed by atoms with E-state index in [9.17, 15) is 4.79 Å². The first-order valence-corrected chi connectivity index (χ1v) is 8.23. The van der Waals surface area contributed by atoms with E-state index in [4.69, 9.17) is 19.3 Å². The molecule has 2 aromatic rings. The molecule has 0 spiro atoms. The van der Waals surface area contributed by atoms with Gasteiger partial charge in [-0.1, -0.05) is 11.8 Å². The second-order valence-electron chi connectivity index (χ2n) is 4.60. The molecule has 0 unspecified atom stereocenters. The van der Waals surface area contributed by atoms with Gasteiger partial charge in [0.1, 0.15) is 0 Å². The molecule has 1 aromatic heterocycles. The summed E-state index contributed by atoms with van der Waals surface area (Å²) in [4.78, 5) is 14.9. The van der Waals surface area contributed by atoms with Crippen LogP contribution in [0.25, 0.3) is 11.4 Å². The van der Waals surface area contributed by atoms with Crippen molar-refractivity contribution in [2.45, 2.75) is 18.5 Å². The van der Waals surface area contributed by atoms with Gasteiger partial charge >= 0.3 is 5.97 Å². The van der Waals surface area contributed by atoms with Crippen LogP contribution in [0.2, 0.25) is 0 Å². The lowest BCUT2D eigenvalue weighted by atomic mass is 10.1. The lowest BCUT2D eigenvalue weighted by Gasteiger charge is -2.14. The minimum atomic E-state index is -0.848. The third-order valence-electron chi connectivity index (χ3n) is 3.03. The first kappa shape index (κ1) is 17.9. The fraction of sp³-hybridized carbons (Fsp3) is 0.400. The van der Waals surface area contributed by atoms with Crippen molar-refractivity contribution in [2.75, 3.05) is 26.6 Å². The average Bonchev–Trinajstić information content (AvgIpc) is 3.03. The van der Waals surface area contributed by atoms with Crippen molar-refractivity contribution in [2.24, 2.45) is 0 Å². The second kappa shape index (κ2) is 8.44. The molecule has 0 aliphatic rings. The van der Waals surface area contributed by atoms with Crippen molar-refractivity contribution in [1.82, 2.24) is 15.2 Å². The van der Waals surface area contributed by atoms with Crippen molar-refractivity contribution in [1.29, 1.82) is 0 Å². The molecule has 130 valence electrons. The molecule has 0 aliphatic heterocycles. The van der Waals surface area contributed by atoms with E-state index in [1.54, 1.807) is 26.4 Å². The zero-order valence-corrected chi connectivity index (χ0v) is 14.5. The molecule has 0 atom stereocenters. The molecule has 1 aromatic carbocycles. The molecule has 2 rings (SSSR count). The van der Waals surface area contributed by atoms with Gasteiger partial charge in [-0.25, -0.2) is 4.98 Å². The van der Waals surface area contributed by atoms with Crippen molar-refractivity contribution in [3.63, 3.8) is 0 Å². The van der Waals surface area contributed by atoms with Crippen molar-refractivity contribution in [3.8, 4) is 28.6 Å². The largest absolute Gasteiger partial charge is 0.493 e. The van der Waals surface area contributed by atoms with Crippen molar-refractivity contribution < 1.29 is 24.1 Å². The zero-order chi connectivity index (χ0) is 17.5. The van der Waals surface area contributed by atoms with Gasteiger partial charge in [-0.15, -0.1) is 5.10 Å². The van der Waals surface area contributed by atoms with Gasteiger partial charge in [-0.05, 0) is 19.1 Å². The number of rotatable bonds is 9. The molecule has 0 amide bonds. The normalized spacial score (nSPS) is 10.5. The molecule has 0 radical (unpaired) electrons. The lowest BCUT2D eigenvalue weighted by Crippen LogP contribution is -1.99. The third-order valence-corrected chi connectivity index (χ3v) is 3.88. The number of hydrogen-bond acceptors (Lipinski definition) is 7. The Labute approximate surface area is 143 Å². The Balaban J connectivity index is 2.25. The van der Waals surface area contributed by atoms with Gasteiger partial charge in [0.05, 0.1) is 27.2 Å². The first-order valence-electron chi connectivity index (χ1n) is 7.25. The number of methoxy groups -OCH3 is 2. The number of carboxylic acid groups (broad SMARTS) is 1.